The Kier molecular flexibility index (Phi) is 4.81. The van der Waals surface area contributed by atoms with E-state index in [1.165, 1.54) is 11.3 Å². The zero-order chi connectivity index (χ0) is 10.4. The summed E-state index contributed by atoms with van der Waals surface area (Å²) in [6, 6.07) is 0. The van der Waals surface area contributed by atoms with Gasteiger partial charge in [-0.25, -0.2) is 0 Å². The Morgan fingerprint density at radius 2 is 2.36 bits per heavy atom. The van der Waals surface area contributed by atoms with Crippen LogP contribution in [0.25, 0.3) is 0 Å². The van der Waals surface area contributed by atoms with Gasteiger partial charge >= 0.3 is 0 Å². The lowest BCUT2D eigenvalue weighted by Crippen LogP contribution is -2.30. The Morgan fingerprint density at radius 3 is 2.93 bits per heavy atom. The van der Waals surface area contributed by atoms with Crippen molar-refractivity contribution in [2.75, 3.05) is 18.4 Å². The topological polar surface area (TPSA) is 66.9 Å². The molecule has 0 aliphatic carbocycles. The van der Waals surface area contributed by atoms with Crippen LogP contribution >= 0.6 is 27.3 Å². The largest absolute Gasteiger partial charge is 0.355 e. The quantitative estimate of drug-likeness (QED) is 0.851. The van der Waals surface area contributed by atoms with Gasteiger partial charge in [-0.3, -0.25) is 4.79 Å². The molecule has 0 unspecified atom stereocenters. The first kappa shape index (κ1) is 11.4. The first-order valence-electron chi connectivity index (χ1n) is 4.22. The molecule has 1 heterocycles. The molecule has 0 radical (unpaired) electrons. The maximum atomic E-state index is 11.2. The van der Waals surface area contributed by atoms with Crippen LogP contribution in [0.3, 0.4) is 0 Å². The Labute approximate surface area is 94.4 Å². The molecule has 1 aromatic heterocycles. The first-order chi connectivity index (χ1) is 6.72. The molecule has 0 saturated heterocycles. The summed E-state index contributed by atoms with van der Waals surface area (Å²) in [6.07, 6.45) is 0.941. The van der Waals surface area contributed by atoms with E-state index in [2.05, 4.69) is 36.8 Å². The Hall–Kier alpha value is -0.690. The van der Waals surface area contributed by atoms with Crippen molar-refractivity contribution in [3.05, 3.63) is 3.92 Å². The second-order valence-corrected chi connectivity index (χ2v) is 4.82. The number of aromatic nitrogens is 2. The molecule has 0 spiro atoms. The van der Waals surface area contributed by atoms with E-state index in [-0.39, 0.29) is 12.5 Å². The van der Waals surface area contributed by atoms with E-state index in [0.717, 1.165) is 6.42 Å². The van der Waals surface area contributed by atoms with Gasteiger partial charge in [-0.2, -0.15) is 0 Å². The fraction of sp³-hybridized carbons (Fsp3) is 0.571. The molecular weight excluding hydrogens is 268 g/mol. The van der Waals surface area contributed by atoms with Crippen LogP contribution in [0.5, 0.6) is 0 Å². The van der Waals surface area contributed by atoms with Crippen LogP contribution in [0.4, 0.5) is 5.13 Å². The van der Waals surface area contributed by atoms with Crippen molar-refractivity contribution in [2.45, 2.75) is 13.3 Å². The second-order valence-electron chi connectivity index (χ2n) is 2.56. The Bertz CT molecular complexity index is 304. The van der Waals surface area contributed by atoms with Gasteiger partial charge in [0.2, 0.25) is 11.0 Å². The molecule has 2 N–H and O–H groups in total. The second kappa shape index (κ2) is 5.92. The average molecular weight is 279 g/mol. The highest BCUT2D eigenvalue weighted by Gasteiger charge is 2.03. The minimum absolute atomic E-state index is 0.0295. The molecule has 1 aromatic rings. The van der Waals surface area contributed by atoms with Crippen molar-refractivity contribution in [3.63, 3.8) is 0 Å². The van der Waals surface area contributed by atoms with Crippen molar-refractivity contribution in [2.24, 2.45) is 0 Å². The molecule has 14 heavy (non-hydrogen) atoms. The van der Waals surface area contributed by atoms with Crippen molar-refractivity contribution in [1.29, 1.82) is 0 Å². The summed E-state index contributed by atoms with van der Waals surface area (Å²) in [7, 11) is 0. The molecule has 0 fully saturated rings. The normalized spacial score (nSPS) is 9.86. The summed E-state index contributed by atoms with van der Waals surface area (Å²) in [6.45, 7) is 2.96. The van der Waals surface area contributed by atoms with Crippen molar-refractivity contribution in [1.82, 2.24) is 15.5 Å². The van der Waals surface area contributed by atoms with E-state index in [9.17, 15) is 4.79 Å². The lowest BCUT2D eigenvalue weighted by Gasteiger charge is -2.02. The summed E-state index contributed by atoms with van der Waals surface area (Å²) in [5.41, 5.74) is 0. The van der Waals surface area contributed by atoms with Gasteiger partial charge in [0.1, 0.15) is 0 Å². The molecule has 1 rings (SSSR count). The maximum absolute atomic E-state index is 11.2. The summed E-state index contributed by atoms with van der Waals surface area (Å²) in [4.78, 5) is 11.2. The zero-order valence-corrected chi connectivity index (χ0v) is 10.1. The summed E-state index contributed by atoms with van der Waals surface area (Å²) < 4.78 is 0.703. The molecule has 0 aliphatic rings. The van der Waals surface area contributed by atoms with Crippen molar-refractivity contribution in [3.8, 4) is 0 Å². The van der Waals surface area contributed by atoms with Crippen LogP contribution in [0.1, 0.15) is 13.3 Å². The van der Waals surface area contributed by atoms with E-state index in [0.29, 0.717) is 15.6 Å². The number of rotatable bonds is 5. The smallest absolute Gasteiger partial charge is 0.239 e. The number of hydrogen-bond acceptors (Lipinski definition) is 5. The van der Waals surface area contributed by atoms with Crippen LogP contribution in [-0.4, -0.2) is 29.2 Å². The Morgan fingerprint density at radius 1 is 1.57 bits per heavy atom. The predicted octanol–water partition coefficient (Wildman–Crippen LogP) is 1.24. The molecule has 0 aromatic carbocycles. The van der Waals surface area contributed by atoms with Gasteiger partial charge in [0, 0.05) is 6.54 Å². The monoisotopic (exact) mass is 278 g/mol. The van der Waals surface area contributed by atoms with Crippen LogP contribution in [0, 0.1) is 0 Å². The maximum Gasteiger partial charge on any atom is 0.239 e. The number of nitrogens with one attached hydrogen (secondary N) is 2. The minimum Gasteiger partial charge on any atom is -0.355 e. The predicted molar refractivity (Wildman–Crippen MR) is 59.4 cm³/mol. The van der Waals surface area contributed by atoms with E-state index in [1.54, 1.807) is 0 Å². The van der Waals surface area contributed by atoms with Crippen molar-refractivity contribution >= 4 is 38.3 Å². The highest BCUT2D eigenvalue weighted by Crippen LogP contribution is 2.19. The van der Waals surface area contributed by atoms with Crippen LogP contribution in [0.15, 0.2) is 3.92 Å². The summed E-state index contributed by atoms with van der Waals surface area (Å²) >= 11 is 4.54. The van der Waals surface area contributed by atoms with Crippen LogP contribution < -0.4 is 10.6 Å². The number of amides is 1. The molecule has 0 saturated carbocycles. The highest BCUT2D eigenvalue weighted by molar-refractivity contribution is 9.11. The third kappa shape index (κ3) is 4.01. The van der Waals surface area contributed by atoms with Gasteiger partial charge in [0.15, 0.2) is 3.92 Å². The van der Waals surface area contributed by atoms with Gasteiger partial charge < -0.3 is 10.6 Å². The number of halogens is 1. The van der Waals surface area contributed by atoms with E-state index < -0.39 is 0 Å². The number of carbonyl (C=O) groups is 1. The Balaban J connectivity index is 2.23. The van der Waals surface area contributed by atoms with Gasteiger partial charge in [-0.05, 0) is 22.4 Å². The molecule has 0 bridgehead atoms. The molecule has 0 aliphatic heterocycles. The molecule has 78 valence electrons. The van der Waals surface area contributed by atoms with Gasteiger partial charge in [0.05, 0.1) is 6.54 Å². The fourth-order valence-electron chi connectivity index (χ4n) is 0.760. The van der Waals surface area contributed by atoms with Crippen molar-refractivity contribution < 1.29 is 4.79 Å². The number of carbonyl (C=O) groups excluding carboxylic acids is 1. The van der Waals surface area contributed by atoms with E-state index >= 15 is 0 Å². The van der Waals surface area contributed by atoms with Gasteiger partial charge in [-0.15, -0.1) is 10.2 Å². The average Bonchev–Trinajstić information content (AvgIpc) is 2.58. The molecule has 5 nitrogen and oxygen atoms in total. The van der Waals surface area contributed by atoms with E-state index in [1.807, 2.05) is 6.92 Å². The standard InChI is InChI=1S/C7H11BrN4OS/c1-2-3-9-5(13)4-10-7-12-11-6(8)14-7/h2-4H2,1H3,(H,9,13)(H,10,12). The number of nitrogens with zero attached hydrogens (tertiary/aromatic N) is 2. The lowest BCUT2D eigenvalue weighted by molar-refractivity contribution is -0.119. The SMILES string of the molecule is CCCNC(=O)CNc1nnc(Br)s1. The third-order valence-electron chi connectivity index (χ3n) is 1.37. The molecule has 7 heteroatoms. The molecule has 0 atom stereocenters. The zero-order valence-electron chi connectivity index (χ0n) is 7.71. The fourth-order valence-corrected chi connectivity index (χ4v) is 1.77. The molecular formula is C7H11BrN4OS. The van der Waals surface area contributed by atoms with Crippen LogP contribution in [0.2, 0.25) is 0 Å². The van der Waals surface area contributed by atoms with E-state index in [4.69, 9.17) is 0 Å². The van der Waals surface area contributed by atoms with Gasteiger partial charge in [-0.1, -0.05) is 18.3 Å². The number of anilines is 1. The summed E-state index contributed by atoms with van der Waals surface area (Å²) in [5.74, 6) is -0.0295. The number of hydrogen-bond donors (Lipinski definition) is 2. The highest BCUT2D eigenvalue weighted by atomic mass is 79.9. The van der Waals surface area contributed by atoms with Gasteiger partial charge in [0.25, 0.3) is 0 Å². The molecule has 1 amide bonds. The van der Waals surface area contributed by atoms with Crippen LogP contribution in [-0.2, 0) is 4.79 Å². The summed E-state index contributed by atoms with van der Waals surface area (Å²) in [5, 5.41) is 13.8. The third-order valence-corrected chi connectivity index (χ3v) is 2.69. The lowest BCUT2D eigenvalue weighted by atomic mass is 10.4. The first-order valence-corrected chi connectivity index (χ1v) is 5.83. The minimum atomic E-state index is -0.0295.